The van der Waals surface area contributed by atoms with Crippen LogP contribution in [0.15, 0.2) is 12.4 Å². The highest BCUT2D eigenvalue weighted by Crippen LogP contribution is 1.87. The molecule has 0 fully saturated rings. The van der Waals surface area contributed by atoms with Crippen molar-refractivity contribution in [3.63, 3.8) is 0 Å². The summed E-state index contributed by atoms with van der Waals surface area (Å²) in [6, 6.07) is 0. The van der Waals surface area contributed by atoms with Crippen LogP contribution in [0.5, 0.6) is 0 Å². The summed E-state index contributed by atoms with van der Waals surface area (Å²) in [5.41, 5.74) is 0.993. The Balaban J connectivity index is 2.83. The maximum atomic E-state index is 3.91. The summed E-state index contributed by atoms with van der Waals surface area (Å²) >= 11 is 0. The van der Waals surface area contributed by atoms with E-state index in [0.29, 0.717) is 0 Å². The zero-order valence-electron chi connectivity index (χ0n) is 4.76. The first kappa shape index (κ1) is 5.22. The summed E-state index contributed by atoms with van der Waals surface area (Å²) < 4.78 is 0. The maximum Gasteiger partial charge on any atom is 0.109 e. The average molecular weight is 107 g/mol. The molecule has 0 amide bonds. The van der Waals surface area contributed by atoms with E-state index in [2.05, 4.69) is 16.2 Å². The predicted octanol–water partition coefficient (Wildman–Crippen LogP) is 0.839. The number of nitrogens with zero attached hydrogens (tertiary/aromatic N) is 2. The molecule has 0 atom stereocenters. The van der Waals surface area contributed by atoms with Crippen molar-refractivity contribution in [2.45, 2.75) is 13.3 Å². The maximum absolute atomic E-state index is 3.91. The van der Waals surface area contributed by atoms with Gasteiger partial charge < -0.3 is 0 Å². The molecule has 0 aliphatic carbocycles. The SMILES string of the molecule is CCc1cnc[c]n1. The molecule has 0 saturated carbocycles. The van der Waals surface area contributed by atoms with Gasteiger partial charge in [-0.3, -0.25) is 4.98 Å². The molecule has 1 radical (unpaired) electrons. The number of aryl methyl sites for hydroxylation is 1. The van der Waals surface area contributed by atoms with Gasteiger partial charge in [0.25, 0.3) is 0 Å². The van der Waals surface area contributed by atoms with E-state index in [9.17, 15) is 0 Å². The van der Waals surface area contributed by atoms with E-state index in [0.717, 1.165) is 12.1 Å². The van der Waals surface area contributed by atoms with Crippen molar-refractivity contribution in [2.75, 3.05) is 0 Å². The summed E-state index contributed by atoms with van der Waals surface area (Å²) in [6.07, 6.45) is 6.89. The van der Waals surface area contributed by atoms with Gasteiger partial charge in [0.1, 0.15) is 6.20 Å². The Morgan fingerprint density at radius 3 is 3.00 bits per heavy atom. The van der Waals surface area contributed by atoms with E-state index in [1.807, 2.05) is 6.92 Å². The summed E-state index contributed by atoms with van der Waals surface area (Å²) in [5, 5.41) is 0. The first-order valence-electron chi connectivity index (χ1n) is 2.60. The van der Waals surface area contributed by atoms with Crippen LogP contribution in [-0.2, 0) is 6.42 Å². The summed E-state index contributed by atoms with van der Waals surface area (Å²) in [6.45, 7) is 2.04. The lowest BCUT2D eigenvalue weighted by atomic mass is 10.4. The van der Waals surface area contributed by atoms with Gasteiger partial charge in [0.05, 0.1) is 11.9 Å². The van der Waals surface area contributed by atoms with Crippen LogP contribution < -0.4 is 0 Å². The number of rotatable bonds is 1. The monoisotopic (exact) mass is 107 g/mol. The molecule has 1 heterocycles. The Morgan fingerprint density at radius 1 is 1.75 bits per heavy atom. The quantitative estimate of drug-likeness (QED) is 0.531. The first-order valence-corrected chi connectivity index (χ1v) is 2.60. The van der Waals surface area contributed by atoms with Crippen LogP contribution in [-0.4, -0.2) is 9.97 Å². The molecule has 0 unspecified atom stereocenters. The Morgan fingerprint density at radius 2 is 2.62 bits per heavy atom. The number of hydrogen-bond acceptors (Lipinski definition) is 2. The fourth-order valence-corrected chi connectivity index (χ4v) is 0.468. The van der Waals surface area contributed by atoms with Crippen molar-refractivity contribution in [1.29, 1.82) is 0 Å². The van der Waals surface area contributed by atoms with Gasteiger partial charge in [-0.1, -0.05) is 6.92 Å². The van der Waals surface area contributed by atoms with Crippen molar-refractivity contribution in [3.8, 4) is 0 Å². The highest BCUT2D eigenvalue weighted by molar-refractivity contribution is 4.91. The van der Waals surface area contributed by atoms with Gasteiger partial charge in [0, 0.05) is 6.20 Å². The summed E-state index contributed by atoms with van der Waals surface area (Å²) in [7, 11) is 0. The lowest BCUT2D eigenvalue weighted by Gasteiger charge is -1.87. The van der Waals surface area contributed by atoms with E-state index in [4.69, 9.17) is 0 Å². The van der Waals surface area contributed by atoms with Crippen molar-refractivity contribution >= 4 is 0 Å². The molecule has 8 heavy (non-hydrogen) atoms. The lowest BCUT2D eigenvalue weighted by Crippen LogP contribution is -1.85. The van der Waals surface area contributed by atoms with E-state index >= 15 is 0 Å². The smallest absolute Gasteiger partial charge is 0.109 e. The van der Waals surface area contributed by atoms with Gasteiger partial charge in [0.2, 0.25) is 0 Å². The highest BCUT2D eigenvalue weighted by atomic mass is 14.8. The first-order chi connectivity index (χ1) is 3.93. The van der Waals surface area contributed by atoms with E-state index in [-0.39, 0.29) is 0 Å². The second-order valence-corrected chi connectivity index (χ2v) is 1.49. The molecule has 0 aromatic carbocycles. The zero-order chi connectivity index (χ0) is 5.82. The molecule has 1 aromatic heterocycles. The van der Waals surface area contributed by atoms with E-state index in [1.165, 1.54) is 0 Å². The van der Waals surface area contributed by atoms with Crippen LogP contribution in [0.25, 0.3) is 0 Å². The minimum atomic E-state index is 0.935. The van der Waals surface area contributed by atoms with Crippen molar-refractivity contribution < 1.29 is 0 Å². The number of hydrogen-bond donors (Lipinski definition) is 0. The fourth-order valence-electron chi connectivity index (χ4n) is 0.468. The molecule has 1 aromatic rings. The summed E-state index contributed by atoms with van der Waals surface area (Å²) in [4.78, 5) is 7.75. The third-order valence-corrected chi connectivity index (χ3v) is 0.926. The van der Waals surface area contributed by atoms with Crippen molar-refractivity contribution in [3.05, 3.63) is 24.3 Å². The molecule has 0 aliphatic rings. The van der Waals surface area contributed by atoms with Crippen LogP contribution in [0.3, 0.4) is 0 Å². The third-order valence-electron chi connectivity index (χ3n) is 0.926. The minimum absolute atomic E-state index is 0.935. The molecular weight excluding hydrogens is 100 g/mol. The third kappa shape index (κ3) is 1.03. The molecule has 0 N–H and O–H groups in total. The van der Waals surface area contributed by atoms with Gasteiger partial charge in [-0.15, -0.1) is 0 Å². The molecular formula is C6H7N2. The van der Waals surface area contributed by atoms with Crippen molar-refractivity contribution in [1.82, 2.24) is 9.97 Å². The molecule has 1 rings (SSSR count). The Hall–Kier alpha value is -0.920. The van der Waals surface area contributed by atoms with Gasteiger partial charge in [-0.2, -0.15) is 0 Å². The Bertz CT molecular complexity index is 148. The Kier molecular flexibility index (Phi) is 1.57. The second kappa shape index (κ2) is 2.40. The predicted molar refractivity (Wildman–Crippen MR) is 30.2 cm³/mol. The van der Waals surface area contributed by atoms with Crippen molar-refractivity contribution in [2.24, 2.45) is 0 Å². The molecule has 0 aliphatic heterocycles. The summed E-state index contributed by atoms with van der Waals surface area (Å²) in [5.74, 6) is 0. The van der Waals surface area contributed by atoms with E-state index in [1.54, 1.807) is 12.4 Å². The minimum Gasteiger partial charge on any atom is -0.260 e. The molecule has 2 nitrogen and oxygen atoms in total. The van der Waals surface area contributed by atoms with Gasteiger partial charge in [0.15, 0.2) is 0 Å². The molecule has 0 bridgehead atoms. The van der Waals surface area contributed by atoms with Gasteiger partial charge >= 0.3 is 0 Å². The highest BCUT2D eigenvalue weighted by Gasteiger charge is 1.83. The molecule has 0 saturated heterocycles. The average Bonchev–Trinajstić information content (AvgIpc) is 1.90. The van der Waals surface area contributed by atoms with Gasteiger partial charge in [-0.05, 0) is 6.42 Å². The van der Waals surface area contributed by atoms with Crippen LogP contribution in [0.1, 0.15) is 12.6 Å². The van der Waals surface area contributed by atoms with Crippen LogP contribution >= 0.6 is 0 Å². The van der Waals surface area contributed by atoms with Crippen LogP contribution in [0.4, 0.5) is 0 Å². The van der Waals surface area contributed by atoms with Crippen LogP contribution in [0, 0.1) is 6.20 Å². The van der Waals surface area contributed by atoms with E-state index < -0.39 is 0 Å². The molecule has 0 spiro atoms. The lowest BCUT2D eigenvalue weighted by molar-refractivity contribution is 0.994. The second-order valence-electron chi connectivity index (χ2n) is 1.49. The normalized spacial score (nSPS) is 9.12. The molecule has 41 valence electrons. The molecule has 2 heteroatoms. The largest absolute Gasteiger partial charge is 0.260 e. The standard InChI is InChI=1S/C6H7N2/c1-2-6-5-7-3-4-8-6/h3,5H,2H2,1H3. The topological polar surface area (TPSA) is 25.8 Å². The van der Waals surface area contributed by atoms with Crippen LogP contribution in [0.2, 0.25) is 0 Å². The van der Waals surface area contributed by atoms with Gasteiger partial charge in [-0.25, -0.2) is 4.98 Å². The Labute approximate surface area is 48.6 Å². The zero-order valence-corrected chi connectivity index (χ0v) is 4.76. The number of aromatic nitrogens is 2. The fraction of sp³-hybridized carbons (Fsp3) is 0.333.